The Kier molecular flexibility index (Phi) is 18.0. The highest BCUT2D eigenvalue weighted by Gasteiger charge is 2.59. The maximum atomic E-state index is 15.4. The van der Waals surface area contributed by atoms with Gasteiger partial charge in [-0.2, -0.15) is 0 Å². The lowest BCUT2D eigenvalue weighted by Crippen LogP contribution is -2.48. The molecular formula is C60H76BBrF2N10O10S2. The van der Waals surface area contributed by atoms with E-state index in [4.69, 9.17) is 18.8 Å². The second-order valence-corrected chi connectivity index (χ2v) is 29.4. The number of benzene rings is 2. The van der Waals surface area contributed by atoms with Crippen LogP contribution in [0.1, 0.15) is 106 Å². The van der Waals surface area contributed by atoms with E-state index < -0.39 is 55.0 Å². The van der Waals surface area contributed by atoms with Gasteiger partial charge in [-0.1, -0.05) is 41.5 Å². The molecule has 2 saturated carbocycles. The first-order valence-corrected chi connectivity index (χ1v) is 33.2. The van der Waals surface area contributed by atoms with E-state index in [1.807, 2.05) is 55.4 Å². The van der Waals surface area contributed by atoms with E-state index >= 15 is 4.39 Å². The number of rotatable bonds is 16. The molecule has 3 aliphatic heterocycles. The van der Waals surface area contributed by atoms with E-state index in [2.05, 4.69) is 69.8 Å². The number of hydrogen-bond acceptors (Lipinski definition) is 16. The lowest BCUT2D eigenvalue weighted by Gasteiger charge is -2.42. The summed E-state index contributed by atoms with van der Waals surface area (Å²) in [5, 5.41) is 8.03. The summed E-state index contributed by atoms with van der Waals surface area (Å²) in [6.07, 6.45) is 11.7. The summed E-state index contributed by atoms with van der Waals surface area (Å²) >= 11 is 3.24. The molecule has 6 aromatic rings. The van der Waals surface area contributed by atoms with Gasteiger partial charge in [0.15, 0.2) is 0 Å². The largest absolute Gasteiger partial charge is 0.496 e. The number of fused-ring (bicyclic) bond motifs is 8. The van der Waals surface area contributed by atoms with Crippen molar-refractivity contribution < 1.29 is 54.0 Å². The highest BCUT2D eigenvalue weighted by Crippen LogP contribution is 2.59. The van der Waals surface area contributed by atoms with Crippen molar-refractivity contribution in [3.05, 3.63) is 88.4 Å². The molecule has 4 N–H and O–H groups in total. The predicted octanol–water partition coefficient (Wildman–Crippen LogP) is 8.74. The summed E-state index contributed by atoms with van der Waals surface area (Å²) in [4.78, 5) is 46.7. The number of halogens is 3. The van der Waals surface area contributed by atoms with Crippen LogP contribution in [0.2, 0.25) is 0 Å². The van der Waals surface area contributed by atoms with E-state index in [0.717, 1.165) is 66.1 Å². The van der Waals surface area contributed by atoms with Crippen LogP contribution in [-0.4, -0.2) is 132 Å². The van der Waals surface area contributed by atoms with Gasteiger partial charge < -0.3 is 39.2 Å². The first-order chi connectivity index (χ1) is 40.1. The molecule has 0 bridgehead atoms. The molecule has 1 saturated heterocycles. The molecule has 3 fully saturated rings. The molecule has 7 heterocycles. The first kappa shape index (κ1) is 64.3. The second kappa shape index (κ2) is 24.1. The van der Waals surface area contributed by atoms with Crippen molar-refractivity contribution in [2.75, 3.05) is 72.2 Å². The van der Waals surface area contributed by atoms with Gasteiger partial charge in [-0.25, -0.2) is 35.6 Å². The summed E-state index contributed by atoms with van der Waals surface area (Å²) in [5.74, 6) is 0.600. The second-order valence-electron chi connectivity index (χ2n) is 25.0. The van der Waals surface area contributed by atoms with Crippen LogP contribution in [0.25, 0.3) is 32.9 Å². The van der Waals surface area contributed by atoms with Gasteiger partial charge in [0.05, 0.1) is 73.8 Å². The molecule has 26 heteroatoms. The molecule has 2 spiro atoms. The lowest BCUT2D eigenvalue weighted by molar-refractivity contribution is -0.128. The molecule has 462 valence electrons. The molecule has 0 radical (unpaired) electrons. The van der Waals surface area contributed by atoms with Gasteiger partial charge in [-0.15, -0.1) is 0 Å². The van der Waals surface area contributed by atoms with E-state index in [1.165, 1.54) is 24.4 Å². The SMILES string of the molecule is CC(C)NCCOc1ncc(B2OC(C)(C)C(C)(C)O2)cc1NS(C)(=O)=O.CC1CC2(C1)C(=O)N(C)c1cnc3cc(F)c(-c4cnc(OCCNC(C)C)c(NS(C)(=O)=O)c4)cc3c12.CC1CC2(C1)C(=O)N(C)c1cnc3cc(F)c(Br)cc3c12. The summed E-state index contributed by atoms with van der Waals surface area (Å²) < 4.78 is 105. The molecule has 86 heavy (non-hydrogen) atoms. The van der Waals surface area contributed by atoms with Crippen molar-refractivity contribution in [2.45, 2.75) is 129 Å². The molecule has 2 aromatic carbocycles. The average Bonchev–Trinajstić information content (AvgIpc) is 1.52. The van der Waals surface area contributed by atoms with Crippen LogP contribution in [0.3, 0.4) is 0 Å². The molecule has 2 aliphatic carbocycles. The number of nitrogens with one attached hydrogen (secondary N) is 4. The number of sulfonamides is 2. The Hall–Kier alpha value is -6.16. The lowest BCUT2D eigenvalue weighted by atomic mass is 9.59. The zero-order chi connectivity index (χ0) is 62.8. The van der Waals surface area contributed by atoms with Crippen LogP contribution in [0.15, 0.2) is 65.7 Å². The van der Waals surface area contributed by atoms with Crippen LogP contribution >= 0.6 is 15.9 Å². The van der Waals surface area contributed by atoms with Gasteiger partial charge >= 0.3 is 7.12 Å². The number of aromatic nitrogens is 4. The van der Waals surface area contributed by atoms with Crippen LogP contribution < -0.4 is 44.8 Å². The maximum absolute atomic E-state index is 15.4. The summed E-state index contributed by atoms with van der Waals surface area (Å²) in [7, 11) is -4.25. The molecule has 0 unspecified atom stereocenters. The molecule has 0 atom stereocenters. The summed E-state index contributed by atoms with van der Waals surface area (Å²) in [5.41, 5.74) is 4.12. The van der Waals surface area contributed by atoms with E-state index in [-0.39, 0.29) is 59.0 Å². The van der Waals surface area contributed by atoms with Crippen LogP contribution in [0.4, 0.5) is 31.5 Å². The van der Waals surface area contributed by atoms with Gasteiger partial charge in [0.2, 0.25) is 43.6 Å². The van der Waals surface area contributed by atoms with E-state index in [1.54, 1.807) is 60.7 Å². The molecule has 20 nitrogen and oxygen atoms in total. The molecular weight excluding hydrogens is 1210 g/mol. The van der Waals surface area contributed by atoms with Crippen molar-refractivity contribution in [3.63, 3.8) is 0 Å². The van der Waals surface area contributed by atoms with Crippen molar-refractivity contribution in [1.82, 2.24) is 30.6 Å². The molecule has 5 aliphatic rings. The Morgan fingerprint density at radius 2 is 1.08 bits per heavy atom. The molecule has 4 aromatic heterocycles. The zero-order valence-corrected chi connectivity index (χ0v) is 54.3. The van der Waals surface area contributed by atoms with Crippen molar-refractivity contribution in [1.29, 1.82) is 0 Å². The minimum absolute atomic E-state index is 0.0422. The average molecular weight is 1290 g/mol. The van der Waals surface area contributed by atoms with Crippen molar-refractivity contribution in [3.8, 4) is 22.9 Å². The fourth-order valence-corrected chi connectivity index (χ4v) is 13.6. The van der Waals surface area contributed by atoms with Gasteiger partial charge in [0, 0.05) is 102 Å². The molecule has 11 rings (SSSR count). The predicted molar refractivity (Wildman–Crippen MR) is 335 cm³/mol. The zero-order valence-electron chi connectivity index (χ0n) is 51.0. The van der Waals surface area contributed by atoms with Gasteiger partial charge in [-0.05, 0) is 105 Å². The number of carbonyl (C=O) groups is 2. The Labute approximate surface area is 511 Å². The van der Waals surface area contributed by atoms with Gasteiger partial charge in [0.1, 0.15) is 36.2 Å². The summed E-state index contributed by atoms with van der Waals surface area (Å²) in [6.45, 7) is 22.0. The molecule has 2 amide bonds. The third kappa shape index (κ3) is 12.9. The van der Waals surface area contributed by atoms with Crippen molar-refractivity contribution in [2.24, 2.45) is 11.8 Å². The third-order valence-corrected chi connectivity index (χ3v) is 18.4. The normalized spacial score (nSPS) is 21.7. The Balaban J connectivity index is 0.000000162. The number of nitrogens with zero attached hydrogens (tertiary/aromatic N) is 6. The van der Waals surface area contributed by atoms with E-state index in [0.29, 0.717) is 69.5 Å². The quantitative estimate of drug-likeness (QED) is 0.0523. The number of anilines is 4. The number of hydrogen-bond donors (Lipinski definition) is 4. The number of pyridine rings is 4. The third-order valence-electron chi connectivity index (χ3n) is 16.7. The highest BCUT2D eigenvalue weighted by atomic mass is 79.9. The fourth-order valence-electron chi connectivity index (χ4n) is 12.1. The Morgan fingerprint density at radius 1 is 0.651 bits per heavy atom. The first-order valence-electron chi connectivity index (χ1n) is 28.7. The monoisotopic (exact) mass is 1290 g/mol. The Morgan fingerprint density at radius 3 is 1.52 bits per heavy atom. The smallest absolute Gasteiger partial charge is 0.475 e. The van der Waals surface area contributed by atoms with Crippen molar-refractivity contribution >= 4 is 105 Å². The number of likely N-dealkylation sites (N-methyl/N-ethyl adjacent to an activating group) is 2. The van der Waals surface area contributed by atoms with Gasteiger partial charge in [0.25, 0.3) is 0 Å². The Bertz CT molecular complexity index is 3850. The number of ether oxygens (including phenoxy) is 2. The minimum atomic E-state index is -3.66. The number of carbonyl (C=O) groups excluding carboxylic acids is 2. The fraction of sp³-hybridized carbons (Fsp3) is 0.500. The van der Waals surface area contributed by atoms with E-state index in [9.17, 15) is 30.8 Å². The topological polar surface area (TPSA) is 246 Å². The van der Waals surface area contributed by atoms with Gasteiger partial charge in [-0.3, -0.25) is 29.0 Å². The van der Waals surface area contributed by atoms with Crippen LogP contribution in [-0.2, 0) is 49.8 Å². The minimum Gasteiger partial charge on any atom is -0.475 e. The summed E-state index contributed by atoms with van der Waals surface area (Å²) in [6, 6.07) is 10.00. The van der Waals surface area contributed by atoms with Crippen LogP contribution in [0.5, 0.6) is 11.8 Å². The standard InChI is InChI=1S/C27H32FN5O4S.C17H30BN3O5S.C16H14BrFN2O/c1-15(2)29-6-7-37-25-22(32-38(5,35)36)8-17(13-31-25)18-9-19-21(10-20(18)28)30-14-23-24(19)27(11-16(3)12-27)26(34)33(23)4;1-12(2)19-8-9-24-15-14(21-27(7,22)23)10-13(11-20-15)18-25-16(3,4)17(5,6)26-18;1-8-5-16(6-8)14-9-3-10(17)11(18)4-12(9)19-7-13(14)20(2)15(16)21/h8-10,13-16,29,32H,6-7,11-12H2,1-5H3;10-12,19,21H,8-9H2,1-7H3;3-4,7-8H,5-6H2,1-2H3. The highest BCUT2D eigenvalue weighted by molar-refractivity contribution is 9.10. The number of amides is 2. The van der Waals surface area contributed by atoms with Crippen LogP contribution in [0, 0.1) is 23.5 Å². The maximum Gasteiger partial charge on any atom is 0.496 e.